The van der Waals surface area contributed by atoms with Crippen LogP contribution in [-0.2, 0) is 0 Å². The standard InChI is InChI=1S/C14H11N5OS/c20-13(16-11-6-2-1-3-7-11)17-14-19-18-12(21-14)10-5-4-8-15-9-10/h1-9H,(H2,16,17,19,20). The fourth-order valence-corrected chi connectivity index (χ4v) is 2.39. The highest BCUT2D eigenvalue weighted by Gasteiger charge is 2.09. The van der Waals surface area contributed by atoms with Crippen LogP contribution in [0, 0.1) is 0 Å². The lowest BCUT2D eigenvalue weighted by Crippen LogP contribution is -2.19. The van der Waals surface area contributed by atoms with Crippen molar-refractivity contribution < 1.29 is 4.79 Å². The molecule has 3 rings (SSSR count). The molecule has 7 heteroatoms. The fraction of sp³-hybridized carbons (Fsp3) is 0. The quantitative estimate of drug-likeness (QED) is 0.777. The van der Waals surface area contributed by atoms with Gasteiger partial charge in [-0.05, 0) is 24.3 Å². The largest absolute Gasteiger partial charge is 0.325 e. The first-order valence-corrected chi connectivity index (χ1v) is 7.00. The summed E-state index contributed by atoms with van der Waals surface area (Å²) in [6.07, 6.45) is 3.39. The second kappa shape index (κ2) is 6.10. The van der Waals surface area contributed by atoms with E-state index in [1.807, 2.05) is 30.3 Å². The number of rotatable bonds is 3. The van der Waals surface area contributed by atoms with Gasteiger partial charge in [0.1, 0.15) is 0 Å². The highest BCUT2D eigenvalue weighted by molar-refractivity contribution is 7.18. The van der Waals surface area contributed by atoms with E-state index in [4.69, 9.17) is 0 Å². The number of carbonyl (C=O) groups is 1. The molecule has 1 aromatic carbocycles. The van der Waals surface area contributed by atoms with Crippen LogP contribution < -0.4 is 10.6 Å². The first-order chi connectivity index (χ1) is 10.3. The van der Waals surface area contributed by atoms with Gasteiger partial charge in [-0.1, -0.05) is 29.5 Å². The molecule has 0 saturated carbocycles. The van der Waals surface area contributed by atoms with Crippen molar-refractivity contribution in [2.75, 3.05) is 10.6 Å². The van der Waals surface area contributed by atoms with Crippen LogP contribution in [0.25, 0.3) is 10.6 Å². The molecule has 0 fully saturated rings. The van der Waals surface area contributed by atoms with Gasteiger partial charge in [-0.3, -0.25) is 10.3 Å². The van der Waals surface area contributed by atoms with E-state index in [1.165, 1.54) is 11.3 Å². The Morgan fingerprint density at radius 1 is 1.00 bits per heavy atom. The summed E-state index contributed by atoms with van der Waals surface area (Å²) in [5, 5.41) is 14.5. The van der Waals surface area contributed by atoms with Crippen LogP contribution in [0.5, 0.6) is 0 Å². The van der Waals surface area contributed by atoms with E-state index in [-0.39, 0.29) is 6.03 Å². The average Bonchev–Trinajstić information content (AvgIpc) is 2.97. The smallest absolute Gasteiger partial charge is 0.308 e. The third kappa shape index (κ3) is 3.40. The molecule has 0 radical (unpaired) electrons. The third-order valence-electron chi connectivity index (χ3n) is 2.59. The maximum absolute atomic E-state index is 11.8. The predicted molar refractivity (Wildman–Crippen MR) is 82.2 cm³/mol. The van der Waals surface area contributed by atoms with Gasteiger partial charge >= 0.3 is 6.03 Å². The number of urea groups is 1. The van der Waals surface area contributed by atoms with Crippen molar-refractivity contribution in [1.29, 1.82) is 0 Å². The van der Waals surface area contributed by atoms with Gasteiger partial charge in [0.25, 0.3) is 0 Å². The number of nitrogens with zero attached hydrogens (tertiary/aromatic N) is 3. The maximum Gasteiger partial charge on any atom is 0.325 e. The Labute approximate surface area is 124 Å². The van der Waals surface area contributed by atoms with Gasteiger partial charge in [0.05, 0.1) is 0 Å². The number of hydrogen-bond donors (Lipinski definition) is 2. The van der Waals surface area contributed by atoms with E-state index in [0.717, 1.165) is 5.56 Å². The minimum Gasteiger partial charge on any atom is -0.308 e. The molecule has 0 saturated heterocycles. The lowest BCUT2D eigenvalue weighted by Gasteiger charge is -2.03. The summed E-state index contributed by atoms with van der Waals surface area (Å²) in [6, 6.07) is 12.6. The van der Waals surface area contributed by atoms with Gasteiger partial charge in [0, 0.05) is 23.6 Å². The first kappa shape index (κ1) is 13.2. The number of pyridine rings is 1. The molecule has 0 bridgehead atoms. The number of anilines is 2. The fourth-order valence-electron chi connectivity index (χ4n) is 1.66. The van der Waals surface area contributed by atoms with Crippen LogP contribution in [-0.4, -0.2) is 21.2 Å². The molecule has 0 atom stereocenters. The first-order valence-electron chi connectivity index (χ1n) is 6.18. The number of aromatic nitrogens is 3. The molecule has 104 valence electrons. The summed E-state index contributed by atoms with van der Waals surface area (Å²) < 4.78 is 0. The number of para-hydroxylation sites is 1. The third-order valence-corrected chi connectivity index (χ3v) is 3.47. The monoisotopic (exact) mass is 297 g/mol. The Morgan fingerprint density at radius 2 is 1.86 bits per heavy atom. The molecule has 6 nitrogen and oxygen atoms in total. The molecule has 0 aliphatic carbocycles. The summed E-state index contributed by atoms with van der Waals surface area (Å²) in [4.78, 5) is 15.9. The van der Waals surface area contributed by atoms with E-state index >= 15 is 0 Å². The highest BCUT2D eigenvalue weighted by Crippen LogP contribution is 2.25. The van der Waals surface area contributed by atoms with E-state index < -0.39 is 0 Å². The zero-order valence-electron chi connectivity index (χ0n) is 10.9. The van der Waals surface area contributed by atoms with Gasteiger partial charge in [-0.2, -0.15) is 0 Å². The molecule has 21 heavy (non-hydrogen) atoms. The molecule has 3 aromatic rings. The van der Waals surface area contributed by atoms with E-state index in [1.54, 1.807) is 24.5 Å². The van der Waals surface area contributed by atoms with Gasteiger partial charge in [-0.25, -0.2) is 4.79 Å². The Bertz CT molecular complexity index is 729. The number of benzene rings is 1. The number of hydrogen-bond acceptors (Lipinski definition) is 5. The topological polar surface area (TPSA) is 79.8 Å². The molecular formula is C14H11N5OS. The van der Waals surface area contributed by atoms with Crippen LogP contribution in [0.2, 0.25) is 0 Å². The van der Waals surface area contributed by atoms with Crippen molar-refractivity contribution in [3.8, 4) is 10.6 Å². The molecule has 2 heterocycles. The summed E-state index contributed by atoms with van der Waals surface area (Å²) in [6.45, 7) is 0. The van der Waals surface area contributed by atoms with E-state index in [2.05, 4.69) is 25.8 Å². The second-order valence-corrected chi connectivity index (χ2v) is 5.08. The Balaban J connectivity index is 1.66. The lowest BCUT2D eigenvalue weighted by molar-refractivity contribution is 0.262. The van der Waals surface area contributed by atoms with Crippen molar-refractivity contribution >= 4 is 28.2 Å². The van der Waals surface area contributed by atoms with Crippen LogP contribution >= 0.6 is 11.3 Å². The van der Waals surface area contributed by atoms with Crippen LogP contribution in [0.4, 0.5) is 15.6 Å². The molecule has 0 spiro atoms. The zero-order chi connectivity index (χ0) is 14.5. The Morgan fingerprint density at radius 3 is 2.62 bits per heavy atom. The van der Waals surface area contributed by atoms with Crippen molar-refractivity contribution in [1.82, 2.24) is 15.2 Å². The summed E-state index contributed by atoms with van der Waals surface area (Å²) in [7, 11) is 0. The summed E-state index contributed by atoms with van der Waals surface area (Å²) in [5.74, 6) is 0. The lowest BCUT2D eigenvalue weighted by atomic mass is 10.3. The van der Waals surface area contributed by atoms with Crippen molar-refractivity contribution in [3.63, 3.8) is 0 Å². The van der Waals surface area contributed by atoms with E-state index in [9.17, 15) is 4.79 Å². The van der Waals surface area contributed by atoms with Crippen molar-refractivity contribution in [3.05, 3.63) is 54.9 Å². The Kier molecular flexibility index (Phi) is 3.83. The van der Waals surface area contributed by atoms with Gasteiger partial charge < -0.3 is 5.32 Å². The zero-order valence-corrected chi connectivity index (χ0v) is 11.7. The summed E-state index contributed by atoms with van der Waals surface area (Å²) in [5.41, 5.74) is 1.58. The van der Waals surface area contributed by atoms with Crippen molar-refractivity contribution in [2.24, 2.45) is 0 Å². The molecule has 0 aliphatic heterocycles. The van der Waals surface area contributed by atoms with Crippen LogP contribution in [0.3, 0.4) is 0 Å². The van der Waals surface area contributed by atoms with Crippen LogP contribution in [0.15, 0.2) is 54.9 Å². The van der Waals surface area contributed by atoms with E-state index in [0.29, 0.717) is 15.8 Å². The average molecular weight is 297 g/mol. The van der Waals surface area contributed by atoms with Gasteiger partial charge in [0.2, 0.25) is 5.13 Å². The molecular weight excluding hydrogens is 286 g/mol. The maximum atomic E-state index is 11.8. The van der Waals surface area contributed by atoms with Crippen molar-refractivity contribution in [2.45, 2.75) is 0 Å². The second-order valence-electron chi connectivity index (χ2n) is 4.10. The SMILES string of the molecule is O=C(Nc1ccccc1)Nc1nnc(-c2cccnc2)s1. The molecule has 2 aromatic heterocycles. The summed E-state index contributed by atoms with van der Waals surface area (Å²) >= 11 is 1.29. The molecule has 2 amide bonds. The normalized spacial score (nSPS) is 10.1. The predicted octanol–water partition coefficient (Wildman–Crippen LogP) is 3.24. The minimum absolute atomic E-state index is 0.352. The van der Waals surface area contributed by atoms with Gasteiger partial charge in [-0.15, -0.1) is 10.2 Å². The number of amides is 2. The minimum atomic E-state index is -0.352. The number of nitrogens with one attached hydrogen (secondary N) is 2. The molecule has 0 unspecified atom stereocenters. The molecule has 2 N–H and O–H groups in total. The van der Waals surface area contributed by atoms with Gasteiger partial charge in [0.15, 0.2) is 5.01 Å². The molecule has 0 aliphatic rings. The highest BCUT2D eigenvalue weighted by atomic mass is 32.1. The Hall–Kier alpha value is -2.80. The van der Waals surface area contributed by atoms with Crippen LogP contribution in [0.1, 0.15) is 0 Å². The number of carbonyl (C=O) groups excluding carboxylic acids is 1.